The first kappa shape index (κ1) is 7.95. The summed E-state index contributed by atoms with van der Waals surface area (Å²) in [5.41, 5.74) is 0. The molecule has 0 atom stereocenters. The maximum atomic E-state index is 3.59. The fourth-order valence-electron chi connectivity index (χ4n) is 1.31. The third-order valence-corrected chi connectivity index (χ3v) is 2.36. The van der Waals surface area contributed by atoms with E-state index in [0.717, 1.165) is 12.1 Å². The monoisotopic (exact) mass is 148 g/mol. The number of hydrogen-bond donors (Lipinski definition) is 2. The van der Waals surface area contributed by atoms with E-state index in [1.165, 1.54) is 32.4 Å². The van der Waals surface area contributed by atoms with Crippen molar-refractivity contribution in [3.63, 3.8) is 0 Å². The fourth-order valence-corrected chi connectivity index (χ4v) is 1.31. The van der Waals surface area contributed by atoms with Crippen LogP contribution in [0.2, 0.25) is 0 Å². The molecule has 0 radical (unpaired) electrons. The molecule has 1 aliphatic carbocycles. The molecule has 2 aliphatic rings. The van der Waals surface area contributed by atoms with Crippen molar-refractivity contribution in [3.8, 4) is 0 Å². The van der Waals surface area contributed by atoms with E-state index in [1.807, 2.05) is 0 Å². The van der Waals surface area contributed by atoms with Gasteiger partial charge in [0, 0.05) is 26.6 Å². The predicted octanol–water partition coefficient (Wildman–Crippen LogP) is 0.499. The van der Waals surface area contributed by atoms with Crippen molar-refractivity contribution < 1.29 is 6.13 Å². The minimum Gasteiger partial charge on any atom is -0.314 e. The minimum absolute atomic E-state index is 0. The molecule has 2 N–H and O–H groups in total. The molecular formula is C7H17FN2. The van der Waals surface area contributed by atoms with Crippen molar-refractivity contribution in [2.45, 2.75) is 31.3 Å². The molecule has 3 heteroatoms. The third kappa shape index (κ3) is 1.47. The topological polar surface area (TPSA) is 24.1 Å². The van der Waals surface area contributed by atoms with Crippen molar-refractivity contribution in [3.05, 3.63) is 0 Å². The standard InChI is InChI=1S/C7H14N2.FH.H2/c1-2-6(3-1)9-7-4-8-5-7;;/h6-9H,1-5H2;2*1H. The summed E-state index contributed by atoms with van der Waals surface area (Å²) in [6.45, 7) is 2.38. The molecular weight excluding hydrogens is 131 g/mol. The van der Waals surface area contributed by atoms with Crippen molar-refractivity contribution >= 4 is 0 Å². The SMILES string of the molecule is C1CC(NC2CNC2)C1.F.[HH]. The number of rotatable bonds is 2. The van der Waals surface area contributed by atoms with Crippen LogP contribution in [-0.4, -0.2) is 25.2 Å². The van der Waals surface area contributed by atoms with Gasteiger partial charge in [0.05, 0.1) is 0 Å². The highest BCUT2D eigenvalue weighted by molar-refractivity contribution is 4.87. The average Bonchev–Trinajstić information content (AvgIpc) is 1.57. The summed E-state index contributed by atoms with van der Waals surface area (Å²) < 4.78 is 0. The van der Waals surface area contributed by atoms with Crippen LogP contribution < -0.4 is 10.6 Å². The lowest BCUT2D eigenvalue weighted by Crippen LogP contribution is -2.59. The van der Waals surface area contributed by atoms with Gasteiger partial charge in [0.1, 0.15) is 0 Å². The van der Waals surface area contributed by atoms with Gasteiger partial charge in [0.15, 0.2) is 0 Å². The van der Waals surface area contributed by atoms with E-state index >= 15 is 0 Å². The van der Waals surface area contributed by atoms with Gasteiger partial charge in [0.25, 0.3) is 0 Å². The Labute approximate surface area is 62.2 Å². The molecule has 2 nitrogen and oxygen atoms in total. The van der Waals surface area contributed by atoms with Crippen molar-refractivity contribution in [1.29, 1.82) is 0 Å². The van der Waals surface area contributed by atoms with Gasteiger partial charge in [-0.1, -0.05) is 6.42 Å². The average molecular weight is 148 g/mol. The van der Waals surface area contributed by atoms with Crippen LogP contribution in [0, 0.1) is 0 Å². The largest absolute Gasteiger partial charge is 0.314 e. The highest BCUT2D eigenvalue weighted by Crippen LogP contribution is 2.18. The lowest BCUT2D eigenvalue weighted by atomic mass is 9.92. The Bertz CT molecular complexity index is 92.6. The number of halogens is 1. The third-order valence-electron chi connectivity index (χ3n) is 2.36. The minimum atomic E-state index is 0. The highest BCUT2D eigenvalue weighted by atomic mass is 19.0. The highest BCUT2D eigenvalue weighted by Gasteiger charge is 2.23. The summed E-state index contributed by atoms with van der Waals surface area (Å²) >= 11 is 0. The molecule has 1 heterocycles. The van der Waals surface area contributed by atoms with Crippen LogP contribution in [0.1, 0.15) is 20.7 Å². The molecule has 10 heavy (non-hydrogen) atoms. The van der Waals surface area contributed by atoms with Crippen molar-refractivity contribution in [2.75, 3.05) is 13.1 Å². The molecule has 0 unspecified atom stereocenters. The Morgan fingerprint density at radius 2 is 1.90 bits per heavy atom. The zero-order valence-electron chi connectivity index (χ0n) is 6.10. The number of hydrogen-bond acceptors (Lipinski definition) is 2. The Kier molecular flexibility index (Phi) is 2.63. The summed E-state index contributed by atoms with van der Waals surface area (Å²) in [5, 5.41) is 6.84. The molecule has 62 valence electrons. The number of nitrogens with one attached hydrogen (secondary N) is 2. The van der Waals surface area contributed by atoms with Gasteiger partial charge in [-0.2, -0.15) is 0 Å². The summed E-state index contributed by atoms with van der Waals surface area (Å²) in [4.78, 5) is 0. The normalized spacial score (nSPS) is 26.4. The summed E-state index contributed by atoms with van der Waals surface area (Å²) in [6.07, 6.45) is 4.27. The van der Waals surface area contributed by atoms with Crippen LogP contribution in [-0.2, 0) is 0 Å². The van der Waals surface area contributed by atoms with E-state index in [9.17, 15) is 0 Å². The van der Waals surface area contributed by atoms with E-state index < -0.39 is 0 Å². The van der Waals surface area contributed by atoms with Crippen molar-refractivity contribution in [2.24, 2.45) is 0 Å². The zero-order chi connectivity index (χ0) is 6.10. The van der Waals surface area contributed by atoms with Crippen LogP contribution in [0.3, 0.4) is 0 Å². The van der Waals surface area contributed by atoms with E-state index in [2.05, 4.69) is 10.6 Å². The van der Waals surface area contributed by atoms with Gasteiger partial charge in [-0.05, 0) is 12.8 Å². The Morgan fingerprint density at radius 1 is 1.20 bits per heavy atom. The molecule has 0 aromatic rings. The summed E-state index contributed by atoms with van der Waals surface area (Å²) in [5.74, 6) is 0. The molecule has 2 fully saturated rings. The first-order valence-electron chi connectivity index (χ1n) is 3.92. The zero-order valence-corrected chi connectivity index (χ0v) is 6.10. The first-order chi connectivity index (χ1) is 4.45. The van der Waals surface area contributed by atoms with Gasteiger partial charge >= 0.3 is 0 Å². The molecule has 0 aromatic carbocycles. The molecule has 0 bridgehead atoms. The molecule has 1 saturated heterocycles. The first-order valence-corrected chi connectivity index (χ1v) is 3.92. The molecule has 1 aliphatic heterocycles. The van der Waals surface area contributed by atoms with Gasteiger partial charge in [-0.15, -0.1) is 0 Å². The van der Waals surface area contributed by atoms with Gasteiger partial charge in [-0.3, -0.25) is 4.70 Å². The smallest absolute Gasteiger partial charge is 0.0319 e. The second-order valence-electron chi connectivity index (χ2n) is 3.15. The van der Waals surface area contributed by atoms with Crippen LogP contribution in [0.4, 0.5) is 4.70 Å². The lowest BCUT2D eigenvalue weighted by Gasteiger charge is -2.36. The molecule has 0 spiro atoms. The van der Waals surface area contributed by atoms with E-state index in [0.29, 0.717) is 0 Å². The van der Waals surface area contributed by atoms with Crippen LogP contribution >= 0.6 is 0 Å². The molecule has 1 saturated carbocycles. The quantitative estimate of drug-likeness (QED) is 0.596. The van der Waals surface area contributed by atoms with Gasteiger partial charge in [0.2, 0.25) is 0 Å². The Hall–Kier alpha value is -0.150. The predicted molar refractivity (Wildman–Crippen MR) is 42.0 cm³/mol. The van der Waals surface area contributed by atoms with Gasteiger partial charge < -0.3 is 10.6 Å². The molecule has 2 rings (SSSR count). The van der Waals surface area contributed by atoms with E-state index in [1.54, 1.807) is 0 Å². The van der Waals surface area contributed by atoms with E-state index in [-0.39, 0.29) is 6.13 Å². The second-order valence-corrected chi connectivity index (χ2v) is 3.15. The maximum absolute atomic E-state index is 3.59. The van der Waals surface area contributed by atoms with Gasteiger partial charge in [-0.25, -0.2) is 0 Å². The Balaban J connectivity index is 0.000000500. The molecule has 0 aromatic heterocycles. The van der Waals surface area contributed by atoms with E-state index in [4.69, 9.17) is 0 Å². The summed E-state index contributed by atoms with van der Waals surface area (Å²) in [7, 11) is 0. The van der Waals surface area contributed by atoms with Crippen LogP contribution in [0.15, 0.2) is 0 Å². The Morgan fingerprint density at radius 3 is 2.20 bits per heavy atom. The summed E-state index contributed by atoms with van der Waals surface area (Å²) in [6, 6.07) is 1.67. The molecule has 0 amide bonds. The maximum Gasteiger partial charge on any atom is 0.0319 e. The second kappa shape index (κ2) is 3.30. The van der Waals surface area contributed by atoms with Crippen LogP contribution in [0.25, 0.3) is 0 Å². The van der Waals surface area contributed by atoms with Crippen LogP contribution in [0.5, 0.6) is 0 Å². The van der Waals surface area contributed by atoms with Crippen molar-refractivity contribution in [1.82, 2.24) is 10.6 Å². The fraction of sp³-hybridized carbons (Fsp3) is 1.00. The lowest BCUT2D eigenvalue weighted by molar-refractivity contribution is 0.259.